The molecule has 25 heavy (non-hydrogen) atoms. The van der Waals surface area contributed by atoms with Gasteiger partial charge < -0.3 is 15.0 Å². The molecule has 0 aromatic heterocycles. The maximum Gasteiger partial charge on any atom is 0.321 e. The molecule has 0 saturated carbocycles. The Hall–Kier alpha value is -1.59. The van der Waals surface area contributed by atoms with E-state index in [2.05, 4.69) is 29.3 Å². The van der Waals surface area contributed by atoms with Crippen molar-refractivity contribution in [2.75, 3.05) is 44.7 Å². The van der Waals surface area contributed by atoms with E-state index >= 15 is 0 Å². The molecule has 2 heterocycles. The number of hydrogen-bond acceptors (Lipinski definition) is 3. The number of nitrogens with zero attached hydrogens (tertiary/aromatic N) is 2. The summed E-state index contributed by atoms with van der Waals surface area (Å²) in [5.41, 5.74) is 2.23. The summed E-state index contributed by atoms with van der Waals surface area (Å²) in [4.78, 5) is 17.0. The Morgan fingerprint density at radius 3 is 2.44 bits per heavy atom. The predicted molar refractivity (Wildman–Crippen MR) is 101 cm³/mol. The van der Waals surface area contributed by atoms with Crippen molar-refractivity contribution in [3.63, 3.8) is 0 Å². The zero-order valence-electron chi connectivity index (χ0n) is 15.4. The molecular weight excluding hydrogens is 314 g/mol. The monoisotopic (exact) mass is 345 g/mol. The number of unbranched alkanes of at least 4 members (excludes halogenated alkanes) is 1. The van der Waals surface area contributed by atoms with Gasteiger partial charge in [0.15, 0.2) is 0 Å². The van der Waals surface area contributed by atoms with Gasteiger partial charge in [-0.25, -0.2) is 4.79 Å². The summed E-state index contributed by atoms with van der Waals surface area (Å²) in [6.07, 6.45) is 5.65. The van der Waals surface area contributed by atoms with Gasteiger partial charge in [-0.3, -0.25) is 4.90 Å². The predicted octanol–water partition coefficient (Wildman–Crippen LogP) is 3.36. The van der Waals surface area contributed by atoms with Crippen molar-refractivity contribution in [3.05, 3.63) is 29.8 Å². The van der Waals surface area contributed by atoms with Crippen LogP contribution in [0.5, 0.6) is 0 Å². The zero-order chi connectivity index (χ0) is 17.5. The van der Waals surface area contributed by atoms with Gasteiger partial charge in [0.25, 0.3) is 0 Å². The van der Waals surface area contributed by atoms with E-state index in [-0.39, 0.29) is 6.03 Å². The number of amides is 2. The molecular formula is C20H31N3O2. The molecule has 0 aliphatic carbocycles. The molecule has 3 rings (SSSR count). The SMILES string of the molecule is CCCCc1ccc(NC(=O)N2CCC(N3CCOCC3)CC2)cc1. The number of anilines is 1. The average Bonchev–Trinajstić information content (AvgIpc) is 2.68. The molecule has 1 N–H and O–H groups in total. The Kier molecular flexibility index (Phi) is 6.70. The van der Waals surface area contributed by atoms with E-state index in [1.807, 2.05) is 17.0 Å². The molecule has 5 heteroatoms. The molecule has 2 amide bonds. The molecule has 2 aliphatic rings. The van der Waals surface area contributed by atoms with E-state index in [1.165, 1.54) is 18.4 Å². The van der Waals surface area contributed by atoms with Crippen LogP contribution in [-0.4, -0.2) is 61.3 Å². The molecule has 0 unspecified atom stereocenters. The summed E-state index contributed by atoms with van der Waals surface area (Å²) >= 11 is 0. The number of rotatable bonds is 5. The molecule has 1 aromatic carbocycles. The molecule has 0 spiro atoms. The van der Waals surface area contributed by atoms with Crippen LogP contribution in [0.15, 0.2) is 24.3 Å². The van der Waals surface area contributed by atoms with Crippen molar-refractivity contribution in [1.29, 1.82) is 0 Å². The highest BCUT2D eigenvalue weighted by Crippen LogP contribution is 2.19. The van der Waals surface area contributed by atoms with E-state index in [4.69, 9.17) is 4.74 Å². The van der Waals surface area contributed by atoms with Crippen LogP contribution in [0.3, 0.4) is 0 Å². The topological polar surface area (TPSA) is 44.8 Å². The number of aryl methyl sites for hydroxylation is 1. The van der Waals surface area contributed by atoms with Crippen molar-refractivity contribution in [3.8, 4) is 0 Å². The Bertz CT molecular complexity index is 532. The molecule has 0 atom stereocenters. The fourth-order valence-corrected chi connectivity index (χ4v) is 3.71. The summed E-state index contributed by atoms with van der Waals surface area (Å²) in [6.45, 7) is 7.62. The smallest absolute Gasteiger partial charge is 0.321 e. The summed E-state index contributed by atoms with van der Waals surface area (Å²) in [5.74, 6) is 0. The van der Waals surface area contributed by atoms with Crippen LogP contribution in [0.25, 0.3) is 0 Å². The lowest BCUT2D eigenvalue weighted by molar-refractivity contribution is 0.00419. The molecule has 138 valence electrons. The minimum atomic E-state index is 0.0294. The minimum absolute atomic E-state index is 0.0294. The number of ether oxygens (including phenoxy) is 1. The number of hydrogen-bond donors (Lipinski definition) is 1. The van der Waals surface area contributed by atoms with Crippen LogP contribution < -0.4 is 5.32 Å². The second-order valence-corrected chi connectivity index (χ2v) is 7.10. The van der Waals surface area contributed by atoms with Crippen LogP contribution in [0.1, 0.15) is 38.2 Å². The number of piperidine rings is 1. The number of nitrogens with one attached hydrogen (secondary N) is 1. The lowest BCUT2D eigenvalue weighted by atomic mass is 10.0. The van der Waals surface area contributed by atoms with Crippen molar-refractivity contribution in [1.82, 2.24) is 9.80 Å². The number of morpholine rings is 1. The second-order valence-electron chi connectivity index (χ2n) is 7.10. The third kappa shape index (κ3) is 5.19. The van der Waals surface area contributed by atoms with Gasteiger partial charge >= 0.3 is 6.03 Å². The van der Waals surface area contributed by atoms with Crippen LogP contribution in [0, 0.1) is 0 Å². The Labute approximate surface area is 151 Å². The van der Waals surface area contributed by atoms with Gasteiger partial charge in [-0.15, -0.1) is 0 Å². The molecule has 5 nitrogen and oxygen atoms in total. The summed E-state index contributed by atoms with van der Waals surface area (Å²) in [6, 6.07) is 8.91. The standard InChI is InChI=1S/C20H31N3O2/c1-2-3-4-17-5-7-18(8-6-17)21-20(24)23-11-9-19(10-12-23)22-13-15-25-16-14-22/h5-8,19H,2-4,9-16H2,1H3,(H,21,24). The molecule has 2 aliphatic heterocycles. The Balaban J connectivity index is 1.44. The Morgan fingerprint density at radius 2 is 1.80 bits per heavy atom. The van der Waals surface area contributed by atoms with Gasteiger partial charge in [0.05, 0.1) is 13.2 Å². The maximum absolute atomic E-state index is 12.5. The summed E-state index contributed by atoms with van der Waals surface area (Å²) in [7, 11) is 0. The highest BCUT2D eigenvalue weighted by molar-refractivity contribution is 5.89. The van der Waals surface area contributed by atoms with Crippen molar-refractivity contribution < 1.29 is 9.53 Å². The molecule has 2 fully saturated rings. The fraction of sp³-hybridized carbons (Fsp3) is 0.650. The third-order valence-corrected chi connectivity index (χ3v) is 5.34. The van der Waals surface area contributed by atoms with Crippen LogP contribution in [0.2, 0.25) is 0 Å². The largest absolute Gasteiger partial charge is 0.379 e. The average molecular weight is 345 g/mol. The first kappa shape index (κ1) is 18.2. The van der Waals surface area contributed by atoms with Gasteiger partial charge in [-0.2, -0.15) is 0 Å². The number of carbonyl (C=O) groups is 1. The zero-order valence-corrected chi connectivity index (χ0v) is 15.4. The van der Waals surface area contributed by atoms with Gasteiger partial charge in [0, 0.05) is 37.9 Å². The van der Waals surface area contributed by atoms with Gasteiger partial charge in [-0.05, 0) is 43.4 Å². The van der Waals surface area contributed by atoms with Crippen molar-refractivity contribution in [2.45, 2.75) is 45.1 Å². The van der Waals surface area contributed by atoms with Crippen LogP contribution in [0.4, 0.5) is 10.5 Å². The molecule has 0 radical (unpaired) electrons. The first-order valence-electron chi connectivity index (χ1n) is 9.73. The van der Waals surface area contributed by atoms with E-state index in [0.29, 0.717) is 6.04 Å². The van der Waals surface area contributed by atoms with E-state index < -0.39 is 0 Å². The second kappa shape index (κ2) is 9.20. The third-order valence-electron chi connectivity index (χ3n) is 5.34. The number of urea groups is 1. The lowest BCUT2D eigenvalue weighted by Gasteiger charge is -2.40. The first-order chi connectivity index (χ1) is 12.3. The number of carbonyl (C=O) groups excluding carboxylic acids is 1. The van der Waals surface area contributed by atoms with Gasteiger partial charge in [-0.1, -0.05) is 25.5 Å². The van der Waals surface area contributed by atoms with Crippen molar-refractivity contribution >= 4 is 11.7 Å². The maximum atomic E-state index is 12.5. The quantitative estimate of drug-likeness (QED) is 0.890. The number of benzene rings is 1. The summed E-state index contributed by atoms with van der Waals surface area (Å²) < 4.78 is 5.43. The minimum Gasteiger partial charge on any atom is -0.379 e. The fourth-order valence-electron chi connectivity index (χ4n) is 3.71. The molecule has 2 saturated heterocycles. The van der Waals surface area contributed by atoms with Crippen molar-refractivity contribution in [2.24, 2.45) is 0 Å². The van der Waals surface area contributed by atoms with E-state index in [1.54, 1.807) is 0 Å². The molecule has 0 bridgehead atoms. The number of likely N-dealkylation sites (tertiary alicyclic amines) is 1. The van der Waals surface area contributed by atoms with Gasteiger partial charge in [0.1, 0.15) is 0 Å². The first-order valence-corrected chi connectivity index (χ1v) is 9.73. The van der Waals surface area contributed by atoms with Crippen LogP contribution in [-0.2, 0) is 11.2 Å². The molecule has 1 aromatic rings. The van der Waals surface area contributed by atoms with E-state index in [9.17, 15) is 4.79 Å². The Morgan fingerprint density at radius 1 is 1.12 bits per heavy atom. The van der Waals surface area contributed by atoms with Crippen LogP contribution >= 0.6 is 0 Å². The van der Waals surface area contributed by atoms with Gasteiger partial charge in [0.2, 0.25) is 0 Å². The highest BCUT2D eigenvalue weighted by atomic mass is 16.5. The normalized spacial score (nSPS) is 19.8. The van der Waals surface area contributed by atoms with E-state index in [0.717, 1.165) is 64.3 Å². The lowest BCUT2D eigenvalue weighted by Crippen LogP contribution is -2.50. The highest BCUT2D eigenvalue weighted by Gasteiger charge is 2.27. The summed E-state index contributed by atoms with van der Waals surface area (Å²) in [5, 5.41) is 3.04.